The van der Waals surface area contributed by atoms with E-state index in [4.69, 9.17) is 18.0 Å². The highest BCUT2D eigenvalue weighted by Gasteiger charge is 2.33. The molecule has 1 aromatic heterocycles. The van der Waals surface area contributed by atoms with Gasteiger partial charge >= 0.3 is 6.18 Å². The fraction of sp³-hybridized carbons (Fsp3) is 0.417. The Labute approximate surface area is 125 Å². The zero-order valence-corrected chi connectivity index (χ0v) is 12.1. The van der Waals surface area contributed by atoms with E-state index in [1.54, 1.807) is 6.92 Å². The summed E-state index contributed by atoms with van der Waals surface area (Å²) in [5, 5.41) is 5.23. The van der Waals surface area contributed by atoms with Gasteiger partial charge in [-0.3, -0.25) is 4.79 Å². The minimum Gasteiger partial charge on any atom is -0.389 e. The Morgan fingerprint density at radius 1 is 1.43 bits per heavy atom. The highest BCUT2D eigenvalue weighted by Crippen LogP contribution is 2.29. The van der Waals surface area contributed by atoms with Gasteiger partial charge in [0.1, 0.15) is 16.5 Å². The minimum absolute atomic E-state index is 0.0725. The Morgan fingerprint density at radius 2 is 2.10 bits per heavy atom. The zero-order valence-electron chi connectivity index (χ0n) is 11.3. The van der Waals surface area contributed by atoms with E-state index in [1.165, 1.54) is 0 Å². The van der Waals surface area contributed by atoms with Crippen molar-refractivity contribution in [2.75, 3.05) is 18.4 Å². The maximum absolute atomic E-state index is 12.6. The van der Waals surface area contributed by atoms with Crippen molar-refractivity contribution in [3.8, 4) is 0 Å². The van der Waals surface area contributed by atoms with Gasteiger partial charge in [-0.15, -0.1) is 0 Å². The van der Waals surface area contributed by atoms with E-state index in [0.29, 0.717) is 6.54 Å². The van der Waals surface area contributed by atoms with Crippen molar-refractivity contribution in [3.63, 3.8) is 0 Å². The highest BCUT2D eigenvalue weighted by molar-refractivity contribution is 7.80. The first-order valence-electron chi connectivity index (χ1n) is 6.14. The number of pyridine rings is 1. The first kappa shape index (κ1) is 17.2. The van der Waals surface area contributed by atoms with E-state index < -0.39 is 11.9 Å². The Morgan fingerprint density at radius 3 is 2.62 bits per heavy atom. The molecule has 21 heavy (non-hydrogen) atoms. The van der Waals surface area contributed by atoms with Crippen molar-refractivity contribution < 1.29 is 18.0 Å². The summed E-state index contributed by atoms with van der Waals surface area (Å²) < 4.78 is 37.9. The summed E-state index contributed by atoms with van der Waals surface area (Å²) in [6, 6.07) is 1.97. The summed E-state index contributed by atoms with van der Waals surface area (Å²) >= 11 is 4.77. The predicted octanol–water partition coefficient (Wildman–Crippen LogP) is 1.67. The fourth-order valence-corrected chi connectivity index (χ4v) is 1.70. The van der Waals surface area contributed by atoms with Gasteiger partial charge in [-0.1, -0.05) is 12.2 Å². The highest BCUT2D eigenvalue weighted by atomic mass is 32.1. The van der Waals surface area contributed by atoms with E-state index in [2.05, 4.69) is 15.6 Å². The van der Waals surface area contributed by atoms with E-state index in [9.17, 15) is 18.0 Å². The number of rotatable bonds is 6. The molecule has 0 aliphatic rings. The molecule has 0 saturated heterocycles. The molecule has 0 radical (unpaired) electrons. The van der Waals surface area contributed by atoms with E-state index >= 15 is 0 Å². The van der Waals surface area contributed by atoms with E-state index in [1.807, 2.05) is 0 Å². The van der Waals surface area contributed by atoms with Crippen molar-refractivity contribution in [2.24, 2.45) is 5.73 Å². The van der Waals surface area contributed by atoms with E-state index in [-0.39, 0.29) is 35.2 Å². The maximum atomic E-state index is 12.6. The second-order valence-corrected chi connectivity index (χ2v) is 4.52. The molecule has 1 rings (SSSR count). The summed E-state index contributed by atoms with van der Waals surface area (Å²) in [5.74, 6) is -0.296. The number of thiocarbonyl (C=S) groups is 1. The molecule has 9 heteroatoms. The Kier molecular flexibility index (Phi) is 5.89. The number of anilines is 1. The van der Waals surface area contributed by atoms with Crippen LogP contribution in [-0.2, 0) is 11.0 Å². The van der Waals surface area contributed by atoms with E-state index in [0.717, 1.165) is 12.1 Å². The van der Waals surface area contributed by atoms with Crippen molar-refractivity contribution >= 4 is 28.9 Å². The van der Waals surface area contributed by atoms with Crippen molar-refractivity contribution in [3.05, 3.63) is 23.4 Å². The van der Waals surface area contributed by atoms with Gasteiger partial charge < -0.3 is 16.4 Å². The van der Waals surface area contributed by atoms with Crippen LogP contribution in [0.5, 0.6) is 0 Å². The smallest absolute Gasteiger partial charge is 0.389 e. The average molecular weight is 320 g/mol. The standard InChI is InChI=1S/C12H15F3N4OS/c1-2-17-9(20)5-6-18-11-7(10(16)21)3-4-8(19-11)12(13,14)15/h3-4H,2,5-6H2,1H3,(H2,16,21)(H,17,20)(H,18,19). The average Bonchev–Trinajstić information content (AvgIpc) is 2.37. The fourth-order valence-electron chi connectivity index (χ4n) is 1.53. The van der Waals surface area contributed by atoms with Crippen molar-refractivity contribution in [2.45, 2.75) is 19.5 Å². The van der Waals surface area contributed by atoms with Crippen LogP contribution in [0.25, 0.3) is 0 Å². The van der Waals surface area contributed by atoms with Crippen molar-refractivity contribution in [1.29, 1.82) is 0 Å². The number of hydrogen-bond acceptors (Lipinski definition) is 4. The molecule has 0 unspecified atom stereocenters. The van der Waals surface area contributed by atoms with Gasteiger partial charge in [0.25, 0.3) is 0 Å². The summed E-state index contributed by atoms with van der Waals surface area (Å²) in [5.41, 5.74) is 4.59. The molecule has 1 heterocycles. The molecule has 0 spiro atoms. The molecule has 0 fully saturated rings. The van der Waals surface area contributed by atoms with Gasteiger partial charge in [0.2, 0.25) is 5.91 Å². The molecule has 0 aliphatic carbocycles. The van der Waals surface area contributed by atoms with Gasteiger partial charge in [-0.2, -0.15) is 13.2 Å². The molecule has 5 nitrogen and oxygen atoms in total. The lowest BCUT2D eigenvalue weighted by atomic mass is 10.2. The van der Waals surface area contributed by atoms with Crippen LogP contribution < -0.4 is 16.4 Å². The summed E-state index contributed by atoms with van der Waals surface area (Å²) in [4.78, 5) is 14.7. The van der Waals surface area contributed by atoms with Crippen LogP contribution in [0.2, 0.25) is 0 Å². The van der Waals surface area contributed by atoms with Gasteiger partial charge in [-0.25, -0.2) is 4.98 Å². The summed E-state index contributed by atoms with van der Waals surface area (Å²) in [6.07, 6.45) is -4.46. The lowest BCUT2D eigenvalue weighted by Crippen LogP contribution is -2.25. The molecule has 0 aliphatic heterocycles. The number of alkyl halides is 3. The summed E-state index contributed by atoms with van der Waals surface area (Å²) in [7, 11) is 0. The monoisotopic (exact) mass is 320 g/mol. The Balaban J connectivity index is 2.87. The molecular formula is C12H15F3N4OS. The first-order chi connectivity index (χ1) is 9.75. The van der Waals surface area contributed by atoms with Gasteiger partial charge in [0.05, 0.1) is 5.56 Å². The molecule has 0 atom stereocenters. The number of carbonyl (C=O) groups excluding carboxylic acids is 1. The number of amides is 1. The van der Waals surface area contributed by atoms with Crippen molar-refractivity contribution in [1.82, 2.24) is 10.3 Å². The second-order valence-electron chi connectivity index (χ2n) is 4.08. The third kappa shape index (κ3) is 5.18. The minimum atomic E-state index is -4.56. The molecule has 1 amide bonds. The number of nitrogens with zero attached hydrogens (tertiary/aromatic N) is 1. The number of nitrogens with one attached hydrogen (secondary N) is 2. The lowest BCUT2D eigenvalue weighted by Gasteiger charge is -2.13. The number of aromatic nitrogens is 1. The lowest BCUT2D eigenvalue weighted by molar-refractivity contribution is -0.141. The van der Waals surface area contributed by atoms with Crippen LogP contribution in [0.1, 0.15) is 24.6 Å². The number of carbonyl (C=O) groups is 1. The zero-order chi connectivity index (χ0) is 16.0. The number of nitrogens with two attached hydrogens (primary N) is 1. The molecular weight excluding hydrogens is 305 g/mol. The topological polar surface area (TPSA) is 80.0 Å². The Bertz CT molecular complexity index is 534. The van der Waals surface area contributed by atoms with Crippen LogP contribution in [0, 0.1) is 0 Å². The van der Waals surface area contributed by atoms with Crippen LogP contribution in [0.15, 0.2) is 12.1 Å². The molecule has 4 N–H and O–H groups in total. The molecule has 116 valence electrons. The van der Waals surface area contributed by atoms with Gasteiger partial charge in [0, 0.05) is 19.5 Å². The predicted molar refractivity (Wildman–Crippen MR) is 76.9 cm³/mol. The van der Waals surface area contributed by atoms with Crippen LogP contribution >= 0.6 is 12.2 Å². The molecule has 0 saturated carbocycles. The largest absolute Gasteiger partial charge is 0.433 e. The normalized spacial score (nSPS) is 11.0. The van der Waals surface area contributed by atoms with Gasteiger partial charge in [-0.05, 0) is 19.1 Å². The van der Waals surface area contributed by atoms with Crippen LogP contribution in [0.4, 0.5) is 19.0 Å². The van der Waals surface area contributed by atoms with Crippen LogP contribution in [-0.4, -0.2) is 29.0 Å². The molecule has 0 bridgehead atoms. The second kappa shape index (κ2) is 7.21. The Hall–Kier alpha value is -1.90. The SMILES string of the molecule is CCNC(=O)CCNc1nc(C(F)(F)F)ccc1C(N)=S. The maximum Gasteiger partial charge on any atom is 0.433 e. The third-order valence-electron chi connectivity index (χ3n) is 2.47. The number of halogens is 3. The first-order valence-corrected chi connectivity index (χ1v) is 6.55. The molecule has 1 aromatic rings. The van der Waals surface area contributed by atoms with Crippen LogP contribution in [0.3, 0.4) is 0 Å². The quantitative estimate of drug-likeness (QED) is 0.695. The summed E-state index contributed by atoms with van der Waals surface area (Å²) in [6.45, 7) is 2.37. The molecule has 0 aromatic carbocycles. The van der Waals surface area contributed by atoms with Gasteiger partial charge in [0.15, 0.2) is 0 Å². The number of hydrogen-bond donors (Lipinski definition) is 3. The third-order valence-corrected chi connectivity index (χ3v) is 2.69.